The van der Waals surface area contributed by atoms with Crippen LogP contribution in [0.25, 0.3) is 0 Å². The summed E-state index contributed by atoms with van der Waals surface area (Å²) < 4.78 is 58.1. The van der Waals surface area contributed by atoms with Crippen LogP contribution in [0.2, 0.25) is 5.02 Å². The number of piperazine rings is 1. The number of hydrogen-bond acceptors (Lipinski definition) is 3. The van der Waals surface area contributed by atoms with Gasteiger partial charge in [0, 0.05) is 32.2 Å². The van der Waals surface area contributed by atoms with E-state index in [-0.39, 0.29) is 22.9 Å². The lowest BCUT2D eigenvalue weighted by atomic mass is 10.0. The number of alkyl halides is 3. The number of nitrogens with zero attached hydrogens (tertiary/aromatic N) is 1. The fourth-order valence-electron chi connectivity index (χ4n) is 2.72. The summed E-state index contributed by atoms with van der Waals surface area (Å²) in [7, 11) is 0. The number of rotatable bonds is 5. The average Bonchev–Trinajstić information content (AvgIpc) is 2.48. The molecule has 23 heavy (non-hydrogen) atoms. The second kappa shape index (κ2) is 7.68. The van der Waals surface area contributed by atoms with E-state index in [9.17, 15) is 17.6 Å². The van der Waals surface area contributed by atoms with Gasteiger partial charge in [0.2, 0.25) is 0 Å². The third-order valence-corrected chi connectivity index (χ3v) is 3.99. The van der Waals surface area contributed by atoms with Gasteiger partial charge in [0.05, 0.1) is 18.1 Å². The smallest absolute Gasteiger partial charge is 0.390 e. The van der Waals surface area contributed by atoms with Crippen LogP contribution in [0.4, 0.5) is 17.6 Å². The van der Waals surface area contributed by atoms with E-state index in [0.717, 1.165) is 6.07 Å². The minimum Gasteiger partial charge on any atom is -0.489 e. The fourth-order valence-corrected chi connectivity index (χ4v) is 3.00. The van der Waals surface area contributed by atoms with E-state index in [2.05, 4.69) is 5.32 Å². The van der Waals surface area contributed by atoms with Crippen molar-refractivity contribution in [1.29, 1.82) is 0 Å². The van der Waals surface area contributed by atoms with Crippen LogP contribution in [0, 0.1) is 5.82 Å². The first-order chi connectivity index (χ1) is 10.8. The summed E-state index contributed by atoms with van der Waals surface area (Å²) in [4.78, 5) is 1.70. The van der Waals surface area contributed by atoms with Crippen LogP contribution in [-0.2, 0) is 0 Å². The molecule has 1 aliphatic rings. The molecule has 0 spiro atoms. The van der Waals surface area contributed by atoms with E-state index in [0.29, 0.717) is 26.2 Å². The van der Waals surface area contributed by atoms with Gasteiger partial charge in [0.15, 0.2) is 11.6 Å². The largest absolute Gasteiger partial charge is 0.489 e. The standard InChI is InChI=1S/C15H19ClF4N2O/c1-2-23-14-11(16)7-10(8-12(14)17)13(9-15(18,19)20)22-5-3-21-4-6-22/h7-8,13,21H,2-6,9H2,1H3/t13-/m0/s1. The van der Waals surface area contributed by atoms with Gasteiger partial charge in [0.25, 0.3) is 0 Å². The van der Waals surface area contributed by atoms with Crippen LogP contribution < -0.4 is 10.1 Å². The van der Waals surface area contributed by atoms with Crippen LogP contribution in [-0.4, -0.2) is 43.9 Å². The quantitative estimate of drug-likeness (QED) is 0.814. The summed E-state index contributed by atoms with van der Waals surface area (Å²) in [6, 6.07) is 1.50. The Kier molecular flexibility index (Phi) is 6.11. The Balaban J connectivity index is 2.34. The lowest BCUT2D eigenvalue weighted by molar-refractivity contribution is -0.148. The second-order valence-electron chi connectivity index (χ2n) is 5.37. The number of ether oxygens (including phenoxy) is 1. The van der Waals surface area contributed by atoms with Crippen molar-refractivity contribution >= 4 is 11.6 Å². The van der Waals surface area contributed by atoms with Crippen molar-refractivity contribution in [3.05, 3.63) is 28.5 Å². The molecule has 1 saturated heterocycles. The summed E-state index contributed by atoms with van der Waals surface area (Å²) in [5.74, 6) is -0.861. The predicted molar refractivity (Wildman–Crippen MR) is 80.4 cm³/mol. The highest BCUT2D eigenvalue weighted by Crippen LogP contribution is 2.38. The third kappa shape index (κ3) is 4.96. The van der Waals surface area contributed by atoms with Crippen molar-refractivity contribution < 1.29 is 22.3 Å². The molecule has 3 nitrogen and oxygen atoms in total. The first-order valence-electron chi connectivity index (χ1n) is 7.45. The van der Waals surface area contributed by atoms with E-state index < -0.39 is 24.5 Å². The SMILES string of the molecule is CCOc1c(F)cc([C@H](CC(F)(F)F)N2CCNCC2)cc1Cl. The van der Waals surface area contributed by atoms with Crippen LogP contribution in [0.5, 0.6) is 5.75 Å². The Bertz CT molecular complexity index is 510. The third-order valence-electron chi connectivity index (χ3n) is 3.71. The lowest BCUT2D eigenvalue weighted by Crippen LogP contribution is -2.46. The zero-order chi connectivity index (χ0) is 17.0. The molecule has 0 bridgehead atoms. The number of benzene rings is 1. The normalized spacial score (nSPS) is 18.0. The molecule has 0 unspecified atom stereocenters. The van der Waals surface area contributed by atoms with Gasteiger partial charge in [0.1, 0.15) is 0 Å². The highest BCUT2D eigenvalue weighted by Gasteiger charge is 2.36. The molecule has 1 N–H and O–H groups in total. The highest BCUT2D eigenvalue weighted by atomic mass is 35.5. The number of nitrogens with one attached hydrogen (secondary N) is 1. The molecule has 130 valence electrons. The molecule has 8 heteroatoms. The molecular weight excluding hydrogens is 336 g/mol. The minimum atomic E-state index is -4.35. The van der Waals surface area contributed by atoms with Crippen molar-refractivity contribution in [2.45, 2.75) is 25.6 Å². The molecular formula is C15H19ClF4N2O. The van der Waals surface area contributed by atoms with Crippen LogP contribution >= 0.6 is 11.6 Å². The molecule has 1 atom stereocenters. The topological polar surface area (TPSA) is 24.5 Å². The van der Waals surface area contributed by atoms with Gasteiger partial charge in [-0.1, -0.05) is 11.6 Å². The van der Waals surface area contributed by atoms with Gasteiger partial charge in [-0.15, -0.1) is 0 Å². The Morgan fingerprint density at radius 3 is 2.48 bits per heavy atom. The second-order valence-corrected chi connectivity index (χ2v) is 5.77. The molecule has 0 aromatic heterocycles. The van der Waals surface area contributed by atoms with Gasteiger partial charge in [-0.25, -0.2) is 4.39 Å². The molecule has 0 amide bonds. The molecule has 0 radical (unpaired) electrons. The van der Waals surface area contributed by atoms with Crippen LogP contribution in [0.1, 0.15) is 24.9 Å². The summed E-state index contributed by atoms with van der Waals surface area (Å²) in [6.45, 7) is 4.03. The van der Waals surface area contributed by atoms with Crippen LogP contribution in [0.15, 0.2) is 12.1 Å². The summed E-state index contributed by atoms with van der Waals surface area (Å²) in [5, 5.41) is 3.08. The zero-order valence-corrected chi connectivity index (χ0v) is 13.5. The van der Waals surface area contributed by atoms with Gasteiger partial charge in [-0.3, -0.25) is 4.90 Å². The first kappa shape index (κ1) is 18.3. The zero-order valence-electron chi connectivity index (χ0n) is 12.7. The number of hydrogen-bond donors (Lipinski definition) is 1. The van der Waals surface area contributed by atoms with Crippen LogP contribution in [0.3, 0.4) is 0 Å². The highest BCUT2D eigenvalue weighted by molar-refractivity contribution is 6.32. The van der Waals surface area contributed by atoms with Gasteiger partial charge < -0.3 is 10.1 Å². The predicted octanol–water partition coefficient (Wildman–Crippen LogP) is 3.78. The van der Waals surface area contributed by atoms with Gasteiger partial charge in [-0.05, 0) is 24.6 Å². The van der Waals surface area contributed by atoms with E-state index >= 15 is 0 Å². The minimum absolute atomic E-state index is 0.0100. The molecule has 0 saturated carbocycles. The maximum Gasteiger partial charge on any atom is 0.390 e. The van der Waals surface area contributed by atoms with Crippen molar-refractivity contribution in [2.75, 3.05) is 32.8 Å². The number of halogens is 5. The van der Waals surface area contributed by atoms with E-state index in [1.807, 2.05) is 0 Å². The maximum atomic E-state index is 14.1. The molecule has 2 rings (SSSR count). The Labute approximate surface area is 137 Å². The Morgan fingerprint density at radius 1 is 1.30 bits per heavy atom. The van der Waals surface area contributed by atoms with Crippen molar-refractivity contribution in [2.24, 2.45) is 0 Å². The maximum absolute atomic E-state index is 14.1. The van der Waals surface area contributed by atoms with Crippen molar-refractivity contribution in [1.82, 2.24) is 10.2 Å². The van der Waals surface area contributed by atoms with Gasteiger partial charge >= 0.3 is 6.18 Å². The van der Waals surface area contributed by atoms with Crippen molar-refractivity contribution in [3.8, 4) is 5.75 Å². The van der Waals surface area contributed by atoms with Crippen molar-refractivity contribution in [3.63, 3.8) is 0 Å². The summed E-state index contributed by atoms with van der Waals surface area (Å²) in [5.41, 5.74) is 0.218. The van der Waals surface area contributed by atoms with E-state index in [1.165, 1.54) is 6.07 Å². The monoisotopic (exact) mass is 354 g/mol. The Hall–Kier alpha value is -1.05. The molecule has 0 aliphatic carbocycles. The fraction of sp³-hybridized carbons (Fsp3) is 0.600. The molecule has 1 aromatic rings. The average molecular weight is 355 g/mol. The first-order valence-corrected chi connectivity index (χ1v) is 7.83. The summed E-state index contributed by atoms with van der Waals surface area (Å²) >= 11 is 5.99. The lowest BCUT2D eigenvalue weighted by Gasteiger charge is -2.35. The molecule has 1 aromatic carbocycles. The van der Waals surface area contributed by atoms with E-state index in [4.69, 9.17) is 16.3 Å². The molecule has 1 fully saturated rings. The van der Waals surface area contributed by atoms with E-state index in [1.54, 1.807) is 11.8 Å². The van der Waals surface area contributed by atoms with Gasteiger partial charge in [-0.2, -0.15) is 13.2 Å². The molecule has 1 aliphatic heterocycles. The molecule has 1 heterocycles. The Morgan fingerprint density at radius 2 is 1.96 bits per heavy atom. The summed E-state index contributed by atoms with van der Waals surface area (Å²) in [6.07, 6.45) is -5.40.